The van der Waals surface area contributed by atoms with Gasteiger partial charge in [-0.15, -0.1) is 0 Å². The van der Waals surface area contributed by atoms with Crippen molar-refractivity contribution in [3.63, 3.8) is 0 Å². The fraction of sp³-hybridized carbons (Fsp3) is 0.273. The first-order valence-corrected chi connectivity index (χ1v) is 9.66. The van der Waals surface area contributed by atoms with Crippen LogP contribution in [-0.4, -0.2) is 48.0 Å². The van der Waals surface area contributed by atoms with Crippen molar-refractivity contribution >= 4 is 29.2 Å². The number of nitrogens with one attached hydrogen (secondary N) is 1. The number of fused-ring (bicyclic) bond motifs is 1. The summed E-state index contributed by atoms with van der Waals surface area (Å²) in [7, 11) is 1.47. The van der Waals surface area contributed by atoms with Crippen LogP contribution in [0.25, 0.3) is 0 Å². The highest BCUT2D eigenvalue weighted by molar-refractivity contribution is 6.20. The maximum Gasteiger partial charge on any atom is 0.389 e. The minimum Gasteiger partial charge on any atom is -0.481 e. The Hall–Kier alpha value is -3.69. The molecule has 2 aromatic carbocycles. The molecule has 0 bridgehead atoms. The van der Waals surface area contributed by atoms with Crippen LogP contribution in [0.2, 0.25) is 0 Å². The molecule has 1 aliphatic heterocycles. The van der Waals surface area contributed by atoms with Gasteiger partial charge in [0, 0.05) is 18.2 Å². The summed E-state index contributed by atoms with van der Waals surface area (Å²) in [6, 6.07) is 15.7. The number of alkyl halides is 3. The molecule has 32 heavy (non-hydrogen) atoms. The molecule has 2 atom stereocenters. The molecule has 0 saturated carbocycles. The van der Waals surface area contributed by atoms with E-state index in [1.165, 1.54) is 11.9 Å². The lowest BCUT2D eigenvalue weighted by molar-refractivity contribution is -0.159. The number of aliphatic carboxylic acids is 1. The Balaban J connectivity index is 2.00. The molecule has 0 fully saturated rings. The Morgan fingerprint density at radius 3 is 2.38 bits per heavy atom. The molecule has 2 N–H and O–H groups in total. The number of rotatable bonds is 6. The van der Waals surface area contributed by atoms with Crippen molar-refractivity contribution in [3.05, 3.63) is 65.7 Å². The van der Waals surface area contributed by atoms with Gasteiger partial charge in [-0.25, -0.2) is 4.99 Å². The number of benzodiazepines with no additional fused rings is 1. The summed E-state index contributed by atoms with van der Waals surface area (Å²) in [6.07, 6.45) is -8.94. The quantitative estimate of drug-likeness (QED) is 0.711. The maximum absolute atomic E-state index is 13.0. The second-order valence-electron chi connectivity index (χ2n) is 7.28. The molecule has 0 aliphatic carbocycles. The van der Waals surface area contributed by atoms with Gasteiger partial charge >= 0.3 is 12.1 Å². The van der Waals surface area contributed by atoms with Crippen molar-refractivity contribution < 1.29 is 32.7 Å². The van der Waals surface area contributed by atoms with Crippen molar-refractivity contribution in [2.75, 3.05) is 11.9 Å². The van der Waals surface area contributed by atoms with Gasteiger partial charge in [-0.1, -0.05) is 48.5 Å². The number of hydrogen-bond acceptors (Lipinski definition) is 4. The van der Waals surface area contributed by atoms with Gasteiger partial charge in [0.1, 0.15) is 0 Å². The van der Waals surface area contributed by atoms with Crippen LogP contribution in [0.15, 0.2) is 59.6 Å². The molecule has 3 rings (SSSR count). The zero-order valence-corrected chi connectivity index (χ0v) is 17.0. The number of hydrogen-bond donors (Lipinski definition) is 2. The number of nitrogens with zero attached hydrogens (tertiary/aromatic N) is 2. The Bertz CT molecular complexity index is 1050. The molecule has 10 heteroatoms. The molecular formula is C22H20F3N3O4. The molecular weight excluding hydrogens is 427 g/mol. The van der Waals surface area contributed by atoms with Gasteiger partial charge in [0.25, 0.3) is 5.91 Å². The number of benzene rings is 2. The highest BCUT2D eigenvalue weighted by Gasteiger charge is 2.39. The monoisotopic (exact) mass is 447 g/mol. The molecule has 1 heterocycles. The van der Waals surface area contributed by atoms with E-state index in [0.29, 0.717) is 22.5 Å². The zero-order valence-electron chi connectivity index (χ0n) is 17.0. The van der Waals surface area contributed by atoms with Gasteiger partial charge in [0.15, 0.2) is 0 Å². The molecule has 7 nitrogen and oxygen atoms in total. The van der Waals surface area contributed by atoms with Crippen LogP contribution < -0.4 is 10.2 Å². The topological polar surface area (TPSA) is 99.1 Å². The number of para-hydroxylation sites is 1. The summed E-state index contributed by atoms with van der Waals surface area (Å²) in [5.74, 6) is -5.33. The van der Waals surface area contributed by atoms with E-state index in [2.05, 4.69) is 10.3 Å². The molecule has 2 aromatic rings. The van der Waals surface area contributed by atoms with Crippen molar-refractivity contribution in [2.24, 2.45) is 10.9 Å². The van der Waals surface area contributed by atoms with Crippen LogP contribution in [-0.2, 0) is 14.4 Å². The van der Waals surface area contributed by atoms with E-state index in [0.717, 1.165) is 0 Å². The molecule has 0 saturated heterocycles. The summed E-state index contributed by atoms with van der Waals surface area (Å²) < 4.78 is 38.7. The summed E-state index contributed by atoms with van der Waals surface area (Å²) in [6.45, 7) is 0. The largest absolute Gasteiger partial charge is 0.481 e. The van der Waals surface area contributed by atoms with E-state index in [4.69, 9.17) is 5.11 Å². The van der Waals surface area contributed by atoms with E-state index in [1.807, 2.05) is 0 Å². The van der Waals surface area contributed by atoms with E-state index >= 15 is 0 Å². The standard InChI is InChI=1S/C22H20F3N3O4/c1-28-16-10-6-5-9-15(16)18(13-7-3-2-4-8-13)26-19(21(28)32)27-20(31)14(11-17(29)30)12-22(23,24)25/h2-10,14,19H,11-12H2,1H3,(H,27,31)(H,29,30). The summed E-state index contributed by atoms with van der Waals surface area (Å²) >= 11 is 0. The summed E-state index contributed by atoms with van der Waals surface area (Å²) in [5.41, 5.74) is 2.12. The first-order valence-electron chi connectivity index (χ1n) is 9.66. The highest BCUT2D eigenvalue weighted by atomic mass is 19.4. The number of likely N-dealkylation sites (N-methyl/N-ethyl adjacent to an activating group) is 1. The van der Waals surface area contributed by atoms with E-state index in [9.17, 15) is 27.6 Å². The average Bonchev–Trinajstić information content (AvgIpc) is 2.83. The Kier molecular flexibility index (Phi) is 6.61. The SMILES string of the molecule is CN1C(=O)C(NC(=O)C(CC(=O)O)CC(F)(F)F)N=C(c2ccccc2)c2ccccc21. The van der Waals surface area contributed by atoms with Crippen molar-refractivity contribution in [2.45, 2.75) is 25.2 Å². The Labute approximate surface area is 181 Å². The van der Waals surface area contributed by atoms with Crippen LogP contribution in [0.5, 0.6) is 0 Å². The minimum absolute atomic E-state index is 0.370. The third kappa shape index (κ3) is 5.32. The predicted octanol–water partition coefficient (Wildman–Crippen LogP) is 2.99. The maximum atomic E-state index is 13.0. The van der Waals surface area contributed by atoms with Gasteiger partial charge in [-0.3, -0.25) is 14.4 Å². The third-order valence-electron chi connectivity index (χ3n) is 4.94. The second-order valence-corrected chi connectivity index (χ2v) is 7.28. The van der Waals surface area contributed by atoms with Gasteiger partial charge in [-0.2, -0.15) is 13.2 Å². The summed E-state index contributed by atoms with van der Waals surface area (Å²) in [5, 5.41) is 11.2. The van der Waals surface area contributed by atoms with Gasteiger partial charge in [0.05, 0.1) is 30.2 Å². The number of carboxylic acids is 1. The fourth-order valence-electron chi connectivity index (χ4n) is 3.44. The smallest absolute Gasteiger partial charge is 0.389 e. The van der Waals surface area contributed by atoms with E-state index < -0.39 is 48.9 Å². The van der Waals surface area contributed by atoms with Crippen molar-refractivity contribution in [1.29, 1.82) is 0 Å². The predicted molar refractivity (Wildman–Crippen MR) is 110 cm³/mol. The molecule has 2 unspecified atom stereocenters. The van der Waals surface area contributed by atoms with Crippen LogP contribution >= 0.6 is 0 Å². The van der Waals surface area contributed by atoms with Crippen LogP contribution in [0, 0.1) is 5.92 Å². The highest BCUT2D eigenvalue weighted by Crippen LogP contribution is 2.29. The van der Waals surface area contributed by atoms with Gasteiger partial charge < -0.3 is 15.3 Å². The number of aliphatic imine (C=N–C) groups is 1. The zero-order chi connectivity index (χ0) is 23.5. The third-order valence-corrected chi connectivity index (χ3v) is 4.94. The Morgan fingerprint density at radius 1 is 1.12 bits per heavy atom. The van der Waals surface area contributed by atoms with Gasteiger partial charge in [-0.05, 0) is 6.07 Å². The number of carbonyl (C=O) groups excluding carboxylic acids is 2. The fourth-order valence-corrected chi connectivity index (χ4v) is 3.44. The van der Waals surface area contributed by atoms with Gasteiger partial charge in [0.2, 0.25) is 12.1 Å². The second kappa shape index (κ2) is 9.21. The van der Waals surface area contributed by atoms with Crippen LogP contribution in [0.4, 0.5) is 18.9 Å². The van der Waals surface area contributed by atoms with Crippen molar-refractivity contribution in [3.8, 4) is 0 Å². The van der Waals surface area contributed by atoms with Crippen LogP contribution in [0.3, 0.4) is 0 Å². The van der Waals surface area contributed by atoms with E-state index in [1.54, 1.807) is 54.6 Å². The first kappa shape index (κ1) is 23.0. The number of anilines is 1. The molecule has 0 aromatic heterocycles. The molecule has 168 valence electrons. The molecule has 0 spiro atoms. The lowest BCUT2D eigenvalue weighted by Gasteiger charge is -2.23. The lowest BCUT2D eigenvalue weighted by Crippen LogP contribution is -2.48. The Morgan fingerprint density at radius 2 is 1.75 bits per heavy atom. The average molecular weight is 447 g/mol. The number of halogens is 3. The van der Waals surface area contributed by atoms with Crippen molar-refractivity contribution in [1.82, 2.24) is 5.32 Å². The number of amides is 2. The molecule has 2 amide bonds. The first-order chi connectivity index (χ1) is 15.1. The molecule has 0 radical (unpaired) electrons. The van der Waals surface area contributed by atoms with Crippen LogP contribution in [0.1, 0.15) is 24.0 Å². The normalized spacial score (nSPS) is 17.1. The number of carboxylic acid groups (broad SMARTS) is 1. The molecule has 1 aliphatic rings. The summed E-state index contributed by atoms with van der Waals surface area (Å²) in [4.78, 5) is 42.2. The number of carbonyl (C=O) groups is 3. The minimum atomic E-state index is -4.75. The van der Waals surface area contributed by atoms with E-state index in [-0.39, 0.29) is 0 Å². The lowest BCUT2D eigenvalue weighted by atomic mass is 10.00.